The van der Waals surface area contributed by atoms with Gasteiger partial charge in [0, 0.05) is 19.3 Å². The Kier molecular flexibility index (Phi) is 4.75. The van der Waals surface area contributed by atoms with E-state index < -0.39 is 10.0 Å². The van der Waals surface area contributed by atoms with Crippen molar-refractivity contribution in [2.75, 3.05) is 19.7 Å². The maximum atomic E-state index is 12.8. The van der Waals surface area contributed by atoms with Gasteiger partial charge >= 0.3 is 0 Å². The number of morpholine rings is 1. The molecule has 1 saturated carbocycles. The van der Waals surface area contributed by atoms with E-state index in [1.165, 1.54) is 0 Å². The predicted molar refractivity (Wildman–Crippen MR) is 82.8 cm³/mol. The summed E-state index contributed by atoms with van der Waals surface area (Å²) in [7, 11) is -3.23. The molecule has 1 atom stereocenters. The lowest BCUT2D eigenvalue weighted by atomic mass is 10.0. The molecule has 0 spiro atoms. The number of nitrogens with zero attached hydrogens (tertiary/aromatic N) is 3. The zero-order chi connectivity index (χ0) is 15.6. The average Bonchev–Trinajstić information content (AvgIpc) is 2.56. The molecule has 7 heteroatoms. The van der Waals surface area contributed by atoms with Gasteiger partial charge in [0.1, 0.15) is 6.10 Å². The Bertz CT molecular complexity index is 597. The third-order valence-corrected chi connectivity index (χ3v) is 6.86. The van der Waals surface area contributed by atoms with Gasteiger partial charge in [0.2, 0.25) is 10.0 Å². The van der Waals surface area contributed by atoms with Crippen molar-refractivity contribution < 1.29 is 13.2 Å². The highest BCUT2D eigenvalue weighted by molar-refractivity contribution is 7.89. The van der Waals surface area contributed by atoms with E-state index in [2.05, 4.69) is 9.97 Å². The standard InChI is InChI=1S/C15H23N3O3S/c1-12-9-17-14(10-16-12)15-11-18(7-8-21-15)22(19,20)13-5-3-2-4-6-13/h9-10,13,15H,2-8,11H2,1H3. The van der Waals surface area contributed by atoms with Crippen LogP contribution in [0.25, 0.3) is 0 Å². The van der Waals surface area contributed by atoms with Gasteiger partial charge in [-0.25, -0.2) is 8.42 Å². The van der Waals surface area contributed by atoms with Gasteiger partial charge in [-0.1, -0.05) is 19.3 Å². The van der Waals surface area contributed by atoms with Gasteiger partial charge in [-0.05, 0) is 19.8 Å². The zero-order valence-corrected chi connectivity index (χ0v) is 13.8. The molecule has 0 amide bonds. The van der Waals surface area contributed by atoms with E-state index in [9.17, 15) is 8.42 Å². The second-order valence-electron chi connectivity index (χ2n) is 6.11. The van der Waals surface area contributed by atoms with Crippen LogP contribution in [0.15, 0.2) is 12.4 Å². The van der Waals surface area contributed by atoms with Crippen LogP contribution in [0.5, 0.6) is 0 Å². The summed E-state index contributed by atoms with van der Waals surface area (Å²) in [5, 5.41) is -0.218. The van der Waals surface area contributed by atoms with Crippen molar-refractivity contribution in [3.63, 3.8) is 0 Å². The van der Waals surface area contributed by atoms with Crippen molar-refractivity contribution in [3.8, 4) is 0 Å². The monoisotopic (exact) mass is 325 g/mol. The number of hydrogen-bond acceptors (Lipinski definition) is 5. The molecule has 6 nitrogen and oxygen atoms in total. The van der Waals surface area contributed by atoms with Crippen LogP contribution in [0, 0.1) is 6.92 Å². The largest absolute Gasteiger partial charge is 0.369 e. The van der Waals surface area contributed by atoms with Crippen molar-refractivity contribution in [2.45, 2.75) is 50.4 Å². The van der Waals surface area contributed by atoms with Crippen LogP contribution >= 0.6 is 0 Å². The second kappa shape index (κ2) is 6.60. The highest BCUT2D eigenvalue weighted by Gasteiger charge is 2.36. The number of rotatable bonds is 3. The molecule has 1 aliphatic carbocycles. The van der Waals surface area contributed by atoms with Gasteiger partial charge in [-0.3, -0.25) is 9.97 Å². The lowest BCUT2D eigenvalue weighted by Gasteiger charge is -2.35. The van der Waals surface area contributed by atoms with Crippen molar-refractivity contribution in [2.24, 2.45) is 0 Å². The van der Waals surface area contributed by atoms with Gasteiger partial charge in [0.05, 0.1) is 29.4 Å². The van der Waals surface area contributed by atoms with Gasteiger partial charge < -0.3 is 4.74 Å². The Morgan fingerprint density at radius 1 is 1.18 bits per heavy atom. The molecule has 0 aromatic carbocycles. The van der Waals surface area contributed by atoms with E-state index in [1.54, 1.807) is 16.7 Å². The molecule has 3 rings (SSSR count). The smallest absolute Gasteiger partial charge is 0.217 e. The zero-order valence-electron chi connectivity index (χ0n) is 12.9. The van der Waals surface area contributed by atoms with E-state index >= 15 is 0 Å². The van der Waals surface area contributed by atoms with E-state index in [4.69, 9.17) is 4.74 Å². The number of ether oxygens (including phenoxy) is 1. The van der Waals surface area contributed by atoms with Crippen LogP contribution < -0.4 is 0 Å². The van der Waals surface area contributed by atoms with Crippen molar-refractivity contribution in [1.29, 1.82) is 0 Å². The van der Waals surface area contributed by atoms with Gasteiger partial charge in [0.25, 0.3) is 0 Å². The minimum atomic E-state index is -3.23. The molecule has 1 aromatic heterocycles. The summed E-state index contributed by atoms with van der Waals surface area (Å²) in [6.45, 7) is 3.07. The summed E-state index contributed by atoms with van der Waals surface area (Å²) < 4.78 is 32.9. The Morgan fingerprint density at radius 2 is 1.95 bits per heavy atom. The summed E-state index contributed by atoms with van der Waals surface area (Å²) >= 11 is 0. The molecule has 0 radical (unpaired) electrons. The summed E-state index contributed by atoms with van der Waals surface area (Å²) in [5.41, 5.74) is 1.54. The molecule has 0 bridgehead atoms. The first kappa shape index (κ1) is 15.8. The Balaban J connectivity index is 1.73. The highest BCUT2D eigenvalue weighted by Crippen LogP contribution is 2.29. The molecule has 1 aliphatic heterocycles. The molecule has 22 heavy (non-hydrogen) atoms. The van der Waals surface area contributed by atoms with Crippen molar-refractivity contribution in [1.82, 2.24) is 14.3 Å². The van der Waals surface area contributed by atoms with Crippen LogP contribution in [0.1, 0.15) is 49.6 Å². The fourth-order valence-corrected chi connectivity index (χ4v) is 5.20. The van der Waals surface area contributed by atoms with Crippen LogP contribution in [-0.2, 0) is 14.8 Å². The first-order valence-corrected chi connectivity index (χ1v) is 9.47. The molecule has 0 N–H and O–H groups in total. The van der Waals surface area contributed by atoms with Crippen molar-refractivity contribution in [3.05, 3.63) is 23.8 Å². The fourth-order valence-electron chi connectivity index (χ4n) is 3.18. The lowest BCUT2D eigenvalue weighted by Crippen LogP contribution is -2.46. The van der Waals surface area contributed by atoms with Gasteiger partial charge in [-0.2, -0.15) is 4.31 Å². The third kappa shape index (κ3) is 3.31. The van der Waals surface area contributed by atoms with E-state index in [0.29, 0.717) is 25.4 Å². The summed E-state index contributed by atoms with van der Waals surface area (Å²) in [4.78, 5) is 8.54. The van der Waals surface area contributed by atoms with E-state index in [-0.39, 0.29) is 11.4 Å². The van der Waals surface area contributed by atoms with Crippen LogP contribution in [0.2, 0.25) is 0 Å². The maximum Gasteiger partial charge on any atom is 0.217 e. The van der Waals surface area contributed by atoms with Crippen LogP contribution in [0.3, 0.4) is 0 Å². The first-order chi connectivity index (χ1) is 10.6. The Morgan fingerprint density at radius 3 is 2.64 bits per heavy atom. The first-order valence-electron chi connectivity index (χ1n) is 7.96. The van der Waals surface area contributed by atoms with Gasteiger partial charge in [-0.15, -0.1) is 0 Å². The van der Waals surface area contributed by atoms with Gasteiger partial charge in [0.15, 0.2) is 0 Å². The molecule has 2 fully saturated rings. The normalized spacial score (nSPS) is 25.2. The third-order valence-electron chi connectivity index (χ3n) is 4.49. The number of hydrogen-bond donors (Lipinski definition) is 0. The number of aromatic nitrogens is 2. The minimum absolute atomic E-state index is 0.218. The SMILES string of the molecule is Cc1cnc(C2CN(S(=O)(=O)C3CCCCC3)CCO2)cn1. The molecule has 1 unspecified atom stereocenters. The summed E-state index contributed by atoms with van der Waals surface area (Å²) in [6, 6.07) is 0. The molecular weight excluding hydrogens is 302 g/mol. The molecule has 1 saturated heterocycles. The van der Waals surface area contributed by atoms with Crippen LogP contribution in [-0.4, -0.2) is 47.6 Å². The minimum Gasteiger partial charge on any atom is -0.369 e. The molecular formula is C15H23N3O3S. The van der Waals surface area contributed by atoms with E-state index in [1.807, 2.05) is 6.92 Å². The topological polar surface area (TPSA) is 72.4 Å². The maximum absolute atomic E-state index is 12.8. The van der Waals surface area contributed by atoms with Crippen molar-refractivity contribution >= 4 is 10.0 Å². The molecule has 1 aromatic rings. The summed E-state index contributed by atoms with van der Waals surface area (Å²) in [6.07, 6.45) is 7.80. The summed E-state index contributed by atoms with van der Waals surface area (Å²) in [5.74, 6) is 0. The number of sulfonamides is 1. The fraction of sp³-hybridized carbons (Fsp3) is 0.733. The highest BCUT2D eigenvalue weighted by atomic mass is 32.2. The Labute approximate surface area is 132 Å². The average molecular weight is 325 g/mol. The van der Waals surface area contributed by atoms with Crippen LogP contribution in [0.4, 0.5) is 0 Å². The van der Waals surface area contributed by atoms with E-state index in [0.717, 1.165) is 37.8 Å². The quantitative estimate of drug-likeness (QED) is 0.847. The Hall–Kier alpha value is -1.05. The predicted octanol–water partition coefficient (Wildman–Crippen LogP) is 1.82. The molecule has 122 valence electrons. The molecule has 2 aliphatic rings. The second-order valence-corrected chi connectivity index (χ2v) is 8.32. The molecule has 2 heterocycles. The number of aryl methyl sites for hydroxylation is 1. The lowest BCUT2D eigenvalue weighted by molar-refractivity contribution is -0.00555.